The zero-order valence-electron chi connectivity index (χ0n) is 11.6. The van der Waals surface area contributed by atoms with Crippen molar-refractivity contribution in [3.63, 3.8) is 0 Å². The van der Waals surface area contributed by atoms with Crippen LogP contribution in [-0.2, 0) is 4.79 Å². The Kier molecular flexibility index (Phi) is 5.57. The Balaban J connectivity index is 2.06. The van der Waals surface area contributed by atoms with Crippen molar-refractivity contribution < 1.29 is 18.7 Å². The smallest absolute Gasteiger partial charge is 0.262 e. The number of ether oxygens (including phenoxy) is 1. The van der Waals surface area contributed by atoms with Crippen LogP contribution < -0.4 is 15.8 Å². The van der Waals surface area contributed by atoms with E-state index in [1.54, 1.807) is 12.1 Å². The van der Waals surface area contributed by atoms with Gasteiger partial charge in [0.25, 0.3) is 11.8 Å². The Bertz CT molecular complexity index is 770. The molecular weight excluding hydrogens is 391 g/mol. The van der Waals surface area contributed by atoms with Crippen LogP contribution in [-0.4, -0.2) is 18.4 Å². The van der Waals surface area contributed by atoms with Gasteiger partial charge < -0.3 is 15.8 Å². The Morgan fingerprint density at radius 2 is 2.04 bits per heavy atom. The van der Waals surface area contributed by atoms with Gasteiger partial charge in [-0.1, -0.05) is 33.6 Å². The van der Waals surface area contributed by atoms with E-state index in [2.05, 4.69) is 21.2 Å². The van der Waals surface area contributed by atoms with Crippen LogP contribution in [0.5, 0.6) is 5.75 Å². The van der Waals surface area contributed by atoms with E-state index >= 15 is 0 Å². The average molecular weight is 402 g/mol. The molecule has 5 nitrogen and oxygen atoms in total. The molecule has 0 saturated carbocycles. The summed E-state index contributed by atoms with van der Waals surface area (Å²) in [7, 11) is 0. The molecule has 0 bridgehead atoms. The molecule has 23 heavy (non-hydrogen) atoms. The third-order valence-electron chi connectivity index (χ3n) is 2.79. The zero-order valence-corrected chi connectivity index (χ0v) is 13.9. The molecule has 8 heteroatoms. The molecule has 0 spiro atoms. The summed E-state index contributed by atoms with van der Waals surface area (Å²) in [4.78, 5) is 23.3. The molecule has 0 aromatic heterocycles. The molecule has 2 aromatic carbocycles. The number of nitrogens with two attached hydrogens (primary N) is 1. The standard InChI is InChI=1S/C15H11BrClFN2O3/c16-8-4-5-12(10(18)6-8)23-7-13(21)20-11-3-1-2-9(17)14(11)15(19)22/h1-6H,7H2,(H2,19,22)(H,20,21). The van der Waals surface area contributed by atoms with Gasteiger partial charge in [-0.2, -0.15) is 0 Å². The van der Waals surface area contributed by atoms with Crippen molar-refractivity contribution in [3.8, 4) is 5.75 Å². The Labute approximate surface area is 144 Å². The van der Waals surface area contributed by atoms with Gasteiger partial charge in [-0.25, -0.2) is 4.39 Å². The number of halogens is 3. The second-order valence-electron chi connectivity index (χ2n) is 4.44. The molecule has 0 saturated heterocycles. The fourth-order valence-electron chi connectivity index (χ4n) is 1.80. The van der Waals surface area contributed by atoms with Gasteiger partial charge in [-0.3, -0.25) is 9.59 Å². The SMILES string of the molecule is NC(=O)c1c(Cl)cccc1NC(=O)COc1ccc(Br)cc1F. The molecule has 2 aromatic rings. The van der Waals surface area contributed by atoms with Crippen LogP contribution in [0.2, 0.25) is 5.02 Å². The number of carbonyl (C=O) groups is 2. The second-order valence-corrected chi connectivity index (χ2v) is 5.76. The first-order chi connectivity index (χ1) is 10.9. The van der Waals surface area contributed by atoms with Crippen LogP contribution in [0.3, 0.4) is 0 Å². The first-order valence-corrected chi connectivity index (χ1v) is 7.51. The number of carbonyl (C=O) groups excluding carboxylic acids is 2. The molecule has 0 fully saturated rings. The van der Waals surface area contributed by atoms with Crippen LogP contribution in [0, 0.1) is 5.82 Å². The topological polar surface area (TPSA) is 81.4 Å². The minimum absolute atomic E-state index is 0.00246. The Hall–Kier alpha value is -2.12. The predicted octanol–water partition coefficient (Wildman–Crippen LogP) is 3.36. The van der Waals surface area contributed by atoms with Crippen LogP contribution in [0.4, 0.5) is 10.1 Å². The van der Waals surface area contributed by atoms with E-state index in [9.17, 15) is 14.0 Å². The summed E-state index contributed by atoms with van der Waals surface area (Å²) in [6.45, 7) is -0.441. The highest BCUT2D eigenvalue weighted by molar-refractivity contribution is 9.10. The molecular formula is C15H11BrClFN2O3. The van der Waals surface area contributed by atoms with Gasteiger partial charge in [-0.15, -0.1) is 0 Å². The average Bonchev–Trinajstić information content (AvgIpc) is 2.46. The number of primary amides is 1. The van der Waals surface area contributed by atoms with Gasteiger partial charge in [0.05, 0.1) is 16.3 Å². The summed E-state index contributed by atoms with van der Waals surface area (Å²) in [6, 6.07) is 8.70. The van der Waals surface area contributed by atoms with Crippen molar-refractivity contribution in [1.82, 2.24) is 0 Å². The summed E-state index contributed by atoms with van der Waals surface area (Å²) in [5, 5.41) is 2.57. The molecule has 0 atom stereocenters. The lowest BCUT2D eigenvalue weighted by Crippen LogP contribution is -2.23. The number of hydrogen-bond acceptors (Lipinski definition) is 3. The molecule has 0 aliphatic carbocycles. The molecule has 0 radical (unpaired) electrons. The normalized spacial score (nSPS) is 10.2. The largest absolute Gasteiger partial charge is 0.481 e. The highest BCUT2D eigenvalue weighted by Gasteiger charge is 2.15. The van der Waals surface area contributed by atoms with E-state index in [0.29, 0.717) is 4.47 Å². The number of benzene rings is 2. The van der Waals surface area contributed by atoms with Gasteiger partial charge in [0.1, 0.15) is 0 Å². The summed E-state index contributed by atoms with van der Waals surface area (Å²) < 4.78 is 19.2. The molecule has 0 aliphatic rings. The highest BCUT2D eigenvalue weighted by Crippen LogP contribution is 2.24. The third-order valence-corrected chi connectivity index (χ3v) is 3.60. The molecule has 3 N–H and O–H groups in total. The van der Waals surface area contributed by atoms with E-state index in [1.165, 1.54) is 24.3 Å². The maximum absolute atomic E-state index is 13.6. The first-order valence-electron chi connectivity index (χ1n) is 6.34. The van der Waals surface area contributed by atoms with Gasteiger partial charge in [0.15, 0.2) is 18.2 Å². The van der Waals surface area contributed by atoms with Crippen molar-refractivity contribution in [2.45, 2.75) is 0 Å². The lowest BCUT2D eigenvalue weighted by Gasteiger charge is -2.11. The quantitative estimate of drug-likeness (QED) is 0.806. The van der Waals surface area contributed by atoms with Crippen molar-refractivity contribution in [3.05, 3.63) is 57.3 Å². The minimum Gasteiger partial charge on any atom is -0.481 e. The van der Waals surface area contributed by atoms with E-state index in [-0.39, 0.29) is 22.0 Å². The number of nitrogens with one attached hydrogen (secondary N) is 1. The summed E-state index contributed by atoms with van der Waals surface area (Å²) in [5.41, 5.74) is 5.39. The molecule has 2 rings (SSSR count). The lowest BCUT2D eigenvalue weighted by molar-refractivity contribution is -0.118. The molecule has 2 amide bonds. The number of amides is 2. The van der Waals surface area contributed by atoms with E-state index in [0.717, 1.165) is 0 Å². The van der Waals surface area contributed by atoms with E-state index in [1.807, 2.05) is 0 Å². The maximum Gasteiger partial charge on any atom is 0.262 e. The van der Waals surface area contributed by atoms with Crippen molar-refractivity contribution >= 4 is 45.0 Å². The Morgan fingerprint density at radius 1 is 1.30 bits per heavy atom. The fraction of sp³-hybridized carbons (Fsp3) is 0.0667. The lowest BCUT2D eigenvalue weighted by atomic mass is 10.1. The number of hydrogen-bond donors (Lipinski definition) is 2. The van der Waals surface area contributed by atoms with Gasteiger partial charge in [0.2, 0.25) is 0 Å². The second kappa shape index (κ2) is 7.43. The number of rotatable bonds is 5. The molecule has 120 valence electrons. The van der Waals surface area contributed by atoms with Crippen molar-refractivity contribution in [1.29, 1.82) is 0 Å². The molecule has 0 unspecified atom stereocenters. The maximum atomic E-state index is 13.6. The van der Waals surface area contributed by atoms with Crippen molar-refractivity contribution in [2.24, 2.45) is 5.73 Å². The monoisotopic (exact) mass is 400 g/mol. The molecule has 0 heterocycles. The Morgan fingerprint density at radius 3 is 2.70 bits per heavy atom. The van der Waals surface area contributed by atoms with Gasteiger partial charge in [-0.05, 0) is 30.3 Å². The summed E-state index contributed by atoms with van der Waals surface area (Å²) in [5.74, 6) is -2.03. The van der Waals surface area contributed by atoms with Crippen LogP contribution in [0.1, 0.15) is 10.4 Å². The number of anilines is 1. The first kappa shape index (κ1) is 17.2. The van der Waals surface area contributed by atoms with E-state index < -0.39 is 24.2 Å². The third kappa shape index (κ3) is 4.43. The summed E-state index contributed by atoms with van der Waals surface area (Å²) >= 11 is 9.00. The van der Waals surface area contributed by atoms with Crippen LogP contribution in [0.15, 0.2) is 40.9 Å². The fourth-order valence-corrected chi connectivity index (χ4v) is 2.40. The van der Waals surface area contributed by atoms with Gasteiger partial charge in [0, 0.05) is 4.47 Å². The summed E-state index contributed by atoms with van der Waals surface area (Å²) in [6.07, 6.45) is 0. The van der Waals surface area contributed by atoms with Crippen molar-refractivity contribution in [2.75, 3.05) is 11.9 Å². The van der Waals surface area contributed by atoms with E-state index in [4.69, 9.17) is 22.1 Å². The predicted molar refractivity (Wildman–Crippen MR) is 88.2 cm³/mol. The minimum atomic E-state index is -0.772. The van der Waals surface area contributed by atoms with Gasteiger partial charge >= 0.3 is 0 Å². The zero-order chi connectivity index (χ0) is 17.0. The highest BCUT2D eigenvalue weighted by atomic mass is 79.9. The van der Waals surface area contributed by atoms with Crippen LogP contribution >= 0.6 is 27.5 Å². The van der Waals surface area contributed by atoms with Crippen LogP contribution in [0.25, 0.3) is 0 Å². The molecule has 0 aliphatic heterocycles.